The maximum absolute atomic E-state index is 10.9. The Balaban J connectivity index is 2.88. The Hall–Kier alpha value is -1.27. The second-order valence-corrected chi connectivity index (χ2v) is 3.97. The minimum Gasteiger partial charge on any atom is -0.386 e. The van der Waals surface area contributed by atoms with Crippen LogP contribution in [-0.2, 0) is 8.98 Å². The van der Waals surface area contributed by atoms with Gasteiger partial charge in [-0.05, 0) is 12.1 Å². The van der Waals surface area contributed by atoms with Crippen molar-refractivity contribution in [1.82, 2.24) is 0 Å². The molecule has 5 nitrogen and oxygen atoms in total. The van der Waals surface area contributed by atoms with Gasteiger partial charge in [0.25, 0.3) is 5.69 Å². The first-order chi connectivity index (χ1) is 7.54. The number of hydrogen-bond acceptors (Lipinski definition) is 5. The molecule has 1 rings (SSSR count). The second kappa shape index (κ2) is 5.72. The molecule has 0 bridgehead atoms. The smallest absolute Gasteiger partial charge is 0.317 e. The van der Waals surface area contributed by atoms with Gasteiger partial charge in [-0.3, -0.25) is 14.9 Å². The molecule has 0 aliphatic heterocycles. The molecule has 1 aromatic carbocycles. The largest absolute Gasteiger partial charge is 0.386 e. The van der Waals surface area contributed by atoms with Crippen LogP contribution in [0.2, 0.25) is 5.02 Å². The van der Waals surface area contributed by atoms with Crippen LogP contribution in [0.3, 0.4) is 0 Å². The maximum atomic E-state index is 10.9. The topological polar surface area (TPSA) is 69.4 Å². The average molecular weight is 262 g/mol. The molecule has 7 heteroatoms. The van der Waals surface area contributed by atoms with Gasteiger partial charge in [-0.2, -0.15) is 0 Å². The standard InChI is InChI=1S/C9H8ClNO4S/c1-2-9(12)15-16-8-5-6(10)3-4-7(8)11(13)14/h3-5H,2H2,1H3. The molecule has 0 fully saturated rings. The van der Waals surface area contributed by atoms with E-state index in [0.717, 1.165) is 0 Å². The average Bonchev–Trinajstić information content (AvgIpc) is 2.25. The summed E-state index contributed by atoms with van der Waals surface area (Å²) in [5.74, 6) is -0.445. The first kappa shape index (κ1) is 12.8. The van der Waals surface area contributed by atoms with Crippen molar-refractivity contribution in [2.24, 2.45) is 0 Å². The summed E-state index contributed by atoms with van der Waals surface area (Å²) in [6.07, 6.45) is 0.210. The minimum atomic E-state index is -0.557. The van der Waals surface area contributed by atoms with Crippen LogP contribution in [-0.4, -0.2) is 10.9 Å². The van der Waals surface area contributed by atoms with Gasteiger partial charge in [0, 0.05) is 17.5 Å². The molecular weight excluding hydrogens is 254 g/mol. The molecule has 0 aliphatic carbocycles. The van der Waals surface area contributed by atoms with Crippen molar-refractivity contribution in [2.75, 3.05) is 0 Å². The summed E-state index contributed by atoms with van der Waals surface area (Å²) in [4.78, 5) is 21.2. The zero-order valence-electron chi connectivity index (χ0n) is 8.31. The first-order valence-corrected chi connectivity index (χ1v) is 5.48. The van der Waals surface area contributed by atoms with Crippen molar-refractivity contribution in [1.29, 1.82) is 0 Å². The van der Waals surface area contributed by atoms with E-state index in [9.17, 15) is 14.9 Å². The van der Waals surface area contributed by atoms with Gasteiger partial charge >= 0.3 is 5.97 Å². The minimum absolute atomic E-state index is 0.140. The molecule has 0 unspecified atom stereocenters. The molecule has 0 radical (unpaired) electrons. The van der Waals surface area contributed by atoms with Crippen LogP contribution in [0.4, 0.5) is 5.69 Å². The highest BCUT2D eigenvalue weighted by Crippen LogP contribution is 2.32. The summed E-state index contributed by atoms with van der Waals surface area (Å²) < 4.78 is 4.74. The molecular formula is C9H8ClNO4S. The lowest BCUT2D eigenvalue weighted by Gasteiger charge is -2.02. The van der Waals surface area contributed by atoms with Gasteiger partial charge in [0.15, 0.2) is 0 Å². The zero-order valence-corrected chi connectivity index (χ0v) is 9.88. The molecule has 0 N–H and O–H groups in total. The highest BCUT2D eigenvalue weighted by molar-refractivity contribution is 7.95. The van der Waals surface area contributed by atoms with Crippen molar-refractivity contribution in [3.63, 3.8) is 0 Å². The number of nitrogens with zero attached hydrogens (tertiary/aromatic N) is 1. The fourth-order valence-electron chi connectivity index (χ4n) is 0.856. The molecule has 0 spiro atoms. The Morgan fingerprint density at radius 1 is 1.62 bits per heavy atom. The van der Waals surface area contributed by atoms with Crippen LogP contribution in [0.25, 0.3) is 0 Å². The van der Waals surface area contributed by atoms with Gasteiger partial charge in [0.05, 0.1) is 4.92 Å². The lowest BCUT2D eigenvalue weighted by Crippen LogP contribution is -1.96. The third kappa shape index (κ3) is 3.39. The van der Waals surface area contributed by atoms with E-state index in [1.807, 2.05) is 0 Å². The highest BCUT2D eigenvalue weighted by atomic mass is 35.5. The Labute approximate surface area is 101 Å². The van der Waals surface area contributed by atoms with E-state index in [-0.39, 0.29) is 17.0 Å². The van der Waals surface area contributed by atoms with Gasteiger partial charge < -0.3 is 4.18 Å². The number of nitro groups is 1. The van der Waals surface area contributed by atoms with Crippen molar-refractivity contribution in [2.45, 2.75) is 18.2 Å². The van der Waals surface area contributed by atoms with Gasteiger partial charge in [0.2, 0.25) is 0 Å². The fourth-order valence-corrected chi connectivity index (χ4v) is 1.80. The van der Waals surface area contributed by atoms with Gasteiger partial charge in [-0.15, -0.1) is 0 Å². The van der Waals surface area contributed by atoms with Crippen LogP contribution in [0.15, 0.2) is 23.1 Å². The number of halogens is 1. The molecule has 0 amide bonds. The van der Waals surface area contributed by atoms with Gasteiger partial charge in [0.1, 0.15) is 16.9 Å². The normalized spacial score (nSPS) is 9.88. The number of rotatable bonds is 4. The third-order valence-corrected chi connectivity index (χ3v) is 2.64. The predicted octanol–water partition coefficient (Wildman–Crippen LogP) is 3.21. The number of benzene rings is 1. The quantitative estimate of drug-likeness (QED) is 0.473. The van der Waals surface area contributed by atoms with Crippen molar-refractivity contribution in [3.8, 4) is 0 Å². The zero-order chi connectivity index (χ0) is 12.1. The monoisotopic (exact) mass is 261 g/mol. The van der Waals surface area contributed by atoms with Crippen LogP contribution >= 0.6 is 23.6 Å². The van der Waals surface area contributed by atoms with Crippen molar-refractivity contribution in [3.05, 3.63) is 33.3 Å². The number of hydrogen-bond donors (Lipinski definition) is 0. The Kier molecular flexibility index (Phi) is 4.57. The molecule has 0 atom stereocenters. The number of nitro benzene ring substituents is 1. The Morgan fingerprint density at radius 3 is 2.88 bits per heavy atom. The molecule has 86 valence electrons. The number of carbonyl (C=O) groups is 1. The summed E-state index contributed by atoms with van der Waals surface area (Å²) in [6, 6.07) is 4.06. The van der Waals surface area contributed by atoms with Gasteiger partial charge in [-0.25, -0.2) is 0 Å². The van der Waals surface area contributed by atoms with E-state index in [1.165, 1.54) is 18.2 Å². The summed E-state index contributed by atoms with van der Waals surface area (Å²) in [5.41, 5.74) is -0.140. The SMILES string of the molecule is CCC(=O)OSc1cc(Cl)ccc1[N+](=O)[O-]. The van der Waals surface area contributed by atoms with E-state index in [0.29, 0.717) is 17.1 Å². The molecule has 0 saturated carbocycles. The van der Waals surface area contributed by atoms with E-state index in [4.69, 9.17) is 15.8 Å². The summed E-state index contributed by atoms with van der Waals surface area (Å²) in [6.45, 7) is 1.63. The molecule has 16 heavy (non-hydrogen) atoms. The Bertz CT molecular complexity index is 424. The maximum Gasteiger partial charge on any atom is 0.317 e. The van der Waals surface area contributed by atoms with Crippen LogP contribution in [0.1, 0.15) is 13.3 Å². The fraction of sp³-hybridized carbons (Fsp3) is 0.222. The highest BCUT2D eigenvalue weighted by Gasteiger charge is 2.16. The third-order valence-electron chi connectivity index (χ3n) is 1.63. The summed E-state index contributed by atoms with van der Waals surface area (Å²) >= 11 is 6.34. The first-order valence-electron chi connectivity index (χ1n) is 4.36. The molecule has 0 aromatic heterocycles. The summed E-state index contributed by atoms with van der Waals surface area (Å²) in [7, 11) is 0. The number of carbonyl (C=O) groups excluding carboxylic acids is 1. The van der Waals surface area contributed by atoms with E-state index in [2.05, 4.69) is 0 Å². The lowest BCUT2D eigenvalue weighted by molar-refractivity contribution is -0.387. The van der Waals surface area contributed by atoms with Crippen LogP contribution < -0.4 is 0 Å². The molecule has 0 saturated heterocycles. The van der Waals surface area contributed by atoms with Crippen LogP contribution in [0.5, 0.6) is 0 Å². The van der Waals surface area contributed by atoms with Crippen LogP contribution in [0, 0.1) is 10.1 Å². The molecule has 0 aliphatic rings. The van der Waals surface area contributed by atoms with E-state index >= 15 is 0 Å². The predicted molar refractivity (Wildman–Crippen MR) is 60.3 cm³/mol. The Morgan fingerprint density at radius 2 is 2.31 bits per heavy atom. The van der Waals surface area contributed by atoms with Crippen molar-refractivity contribution < 1.29 is 13.9 Å². The second-order valence-electron chi connectivity index (χ2n) is 2.76. The molecule has 1 aromatic rings. The summed E-state index contributed by atoms with van der Waals surface area (Å²) in [5, 5.41) is 11.0. The van der Waals surface area contributed by atoms with E-state index in [1.54, 1.807) is 6.92 Å². The van der Waals surface area contributed by atoms with E-state index < -0.39 is 10.9 Å². The van der Waals surface area contributed by atoms with Crippen molar-refractivity contribution >= 4 is 35.3 Å². The van der Waals surface area contributed by atoms with Gasteiger partial charge in [-0.1, -0.05) is 18.5 Å². The molecule has 0 heterocycles. The lowest BCUT2D eigenvalue weighted by atomic mass is 10.3.